The summed E-state index contributed by atoms with van der Waals surface area (Å²) in [5.41, 5.74) is 2.49. The molecule has 3 N–H and O–H groups in total. The van der Waals surface area contributed by atoms with Crippen LogP contribution in [0.25, 0.3) is 0 Å². The number of nitrogens with one attached hydrogen (secondary N) is 1. The Bertz CT molecular complexity index is 544. The molecule has 0 saturated carbocycles. The molecule has 0 atom stereocenters. The first-order chi connectivity index (χ1) is 11.9. The van der Waals surface area contributed by atoms with Crippen LogP contribution < -0.4 is 10.1 Å². The van der Waals surface area contributed by atoms with Crippen LogP contribution in [0.15, 0.2) is 18.2 Å². The van der Waals surface area contributed by atoms with Crippen molar-refractivity contribution in [2.75, 3.05) is 39.3 Å². The third-order valence-corrected chi connectivity index (χ3v) is 3.86. The SMILES string of the molecule is Cc1ccc(C)c(OCCCCN2CCNCC2)c1.O=C(O)C(=O)O. The molecule has 1 aromatic rings. The van der Waals surface area contributed by atoms with Gasteiger partial charge in [-0.05, 0) is 50.4 Å². The molecule has 0 aliphatic carbocycles. The van der Waals surface area contributed by atoms with Crippen molar-refractivity contribution in [3.05, 3.63) is 29.3 Å². The molecule has 0 amide bonds. The van der Waals surface area contributed by atoms with Gasteiger partial charge in [0.1, 0.15) is 5.75 Å². The van der Waals surface area contributed by atoms with Gasteiger partial charge in [-0.25, -0.2) is 9.59 Å². The van der Waals surface area contributed by atoms with Crippen molar-refractivity contribution in [2.45, 2.75) is 26.7 Å². The number of carboxylic acid groups (broad SMARTS) is 2. The monoisotopic (exact) mass is 352 g/mol. The van der Waals surface area contributed by atoms with Gasteiger partial charge in [0.15, 0.2) is 0 Å². The number of nitrogens with zero attached hydrogens (tertiary/aromatic N) is 1. The molecule has 0 spiro atoms. The van der Waals surface area contributed by atoms with E-state index in [1.807, 2.05) is 0 Å². The predicted octanol–water partition coefficient (Wildman–Crippen LogP) is 1.52. The summed E-state index contributed by atoms with van der Waals surface area (Å²) in [6, 6.07) is 6.39. The highest BCUT2D eigenvalue weighted by Gasteiger charge is 2.08. The lowest BCUT2D eigenvalue weighted by Crippen LogP contribution is -2.43. The Morgan fingerprint density at radius 3 is 2.36 bits per heavy atom. The number of benzene rings is 1. The molecule has 0 unspecified atom stereocenters. The maximum atomic E-state index is 9.10. The van der Waals surface area contributed by atoms with Crippen LogP contribution in [0.1, 0.15) is 24.0 Å². The van der Waals surface area contributed by atoms with E-state index >= 15 is 0 Å². The molecular weight excluding hydrogens is 324 g/mol. The molecular formula is C18H28N2O5. The van der Waals surface area contributed by atoms with E-state index in [-0.39, 0.29) is 0 Å². The van der Waals surface area contributed by atoms with Gasteiger partial charge in [-0.15, -0.1) is 0 Å². The Balaban J connectivity index is 0.000000450. The van der Waals surface area contributed by atoms with Crippen LogP contribution >= 0.6 is 0 Å². The normalized spacial score (nSPS) is 14.3. The Labute approximate surface area is 148 Å². The lowest BCUT2D eigenvalue weighted by atomic mass is 10.1. The van der Waals surface area contributed by atoms with Crippen molar-refractivity contribution in [1.29, 1.82) is 0 Å². The Hall–Kier alpha value is -2.12. The number of aryl methyl sites for hydroxylation is 2. The van der Waals surface area contributed by atoms with E-state index in [9.17, 15) is 0 Å². The smallest absolute Gasteiger partial charge is 0.414 e. The average Bonchev–Trinajstić information content (AvgIpc) is 2.59. The number of rotatable bonds is 6. The topological polar surface area (TPSA) is 99.1 Å². The molecule has 1 saturated heterocycles. The number of hydrogen-bond donors (Lipinski definition) is 3. The zero-order valence-electron chi connectivity index (χ0n) is 15.0. The number of piperazine rings is 1. The summed E-state index contributed by atoms with van der Waals surface area (Å²) in [6.45, 7) is 10.9. The molecule has 1 heterocycles. The lowest BCUT2D eigenvalue weighted by molar-refractivity contribution is -0.159. The van der Waals surface area contributed by atoms with Crippen molar-refractivity contribution in [1.82, 2.24) is 10.2 Å². The number of carbonyl (C=O) groups is 2. The summed E-state index contributed by atoms with van der Waals surface area (Å²) in [4.78, 5) is 20.7. The molecule has 0 radical (unpaired) electrons. The molecule has 7 heteroatoms. The van der Waals surface area contributed by atoms with Crippen molar-refractivity contribution < 1.29 is 24.5 Å². The minimum Gasteiger partial charge on any atom is -0.493 e. The van der Waals surface area contributed by atoms with Crippen molar-refractivity contribution in [3.8, 4) is 5.75 Å². The van der Waals surface area contributed by atoms with Crippen LogP contribution in [0, 0.1) is 13.8 Å². The zero-order chi connectivity index (χ0) is 18.7. The summed E-state index contributed by atoms with van der Waals surface area (Å²) in [5, 5.41) is 18.2. The largest absolute Gasteiger partial charge is 0.493 e. The Morgan fingerprint density at radius 1 is 1.12 bits per heavy atom. The van der Waals surface area contributed by atoms with E-state index in [2.05, 4.69) is 42.3 Å². The third kappa shape index (κ3) is 9.07. The fraction of sp³-hybridized carbons (Fsp3) is 0.556. The molecule has 25 heavy (non-hydrogen) atoms. The van der Waals surface area contributed by atoms with Gasteiger partial charge in [-0.2, -0.15) is 0 Å². The highest BCUT2D eigenvalue weighted by molar-refractivity contribution is 6.27. The first-order valence-corrected chi connectivity index (χ1v) is 8.49. The van der Waals surface area contributed by atoms with Gasteiger partial charge in [-0.3, -0.25) is 0 Å². The number of unbranched alkanes of at least 4 members (excludes halogenated alkanes) is 1. The highest BCUT2D eigenvalue weighted by Crippen LogP contribution is 2.19. The van der Waals surface area contributed by atoms with Crippen molar-refractivity contribution >= 4 is 11.9 Å². The van der Waals surface area contributed by atoms with E-state index in [1.54, 1.807) is 0 Å². The molecule has 0 bridgehead atoms. The number of ether oxygens (including phenoxy) is 1. The lowest BCUT2D eigenvalue weighted by Gasteiger charge is -2.27. The fourth-order valence-electron chi connectivity index (χ4n) is 2.42. The van der Waals surface area contributed by atoms with Gasteiger partial charge >= 0.3 is 11.9 Å². The Morgan fingerprint density at radius 2 is 1.76 bits per heavy atom. The second-order valence-electron chi connectivity index (χ2n) is 6.03. The van der Waals surface area contributed by atoms with Gasteiger partial charge in [-0.1, -0.05) is 12.1 Å². The summed E-state index contributed by atoms with van der Waals surface area (Å²) < 4.78 is 5.88. The van der Waals surface area contributed by atoms with E-state index < -0.39 is 11.9 Å². The quantitative estimate of drug-likeness (QED) is 0.527. The molecule has 140 valence electrons. The molecule has 1 aliphatic rings. The van der Waals surface area contributed by atoms with Gasteiger partial charge < -0.3 is 25.2 Å². The number of hydrogen-bond acceptors (Lipinski definition) is 5. The molecule has 2 rings (SSSR count). The standard InChI is InChI=1S/C16H26N2O.C2H2O4/c1-14-5-6-15(2)16(13-14)19-12-4-3-9-18-10-7-17-8-11-18;3-1(4)2(5)6/h5-6,13,17H,3-4,7-12H2,1-2H3;(H,3,4)(H,5,6). The van der Waals surface area contributed by atoms with Crippen LogP contribution in [0.2, 0.25) is 0 Å². The second-order valence-corrected chi connectivity index (χ2v) is 6.03. The van der Waals surface area contributed by atoms with Gasteiger partial charge in [0.25, 0.3) is 0 Å². The van der Waals surface area contributed by atoms with Crippen LogP contribution in [-0.4, -0.2) is 66.4 Å². The fourth-order valence-corrected chi connectivity index (χ4v) is 2.42. The van der Waals surface area contributed by atoms with Crippen LogP contribution in [0.4, 0.5) is 0 Å². The molecule has 7 nitrogen and oxygen atoms in total. The molecule has 1 aliphatic heterocycles. The molecule has 1 aromatic carbocycles. The van der Waals surface area contributed by atoms with Gasteiger partial charge in [0, 0.05) is 26.2 Å². The van der Waals surface area contributed by atoms with Crippen LogP contribution in [0.3, 0.4) is 0 Å². The predicted molar refractivity (Wildman–Crippen MR) is 95.2 cm³/mol. The van der Waals surface area contributed by atoms with Crippen LogP contribution in [-0.2, 0) is 9.59 Å². The van der Waals surface area contributed by atoms with Gasteiger partial charge in [0.2, 0.25) is 0 Å². The number of aliphatic carboxylic acids is 2. The average molecular weight is 352 g/mol. The molecule has 1 fully saturated rings. The second kappa shape index (κ2) is 11.4. The minimum absolute atomic E-state index is 0.830. The minimum atomic E-state index is -1.82. The maximum Gasteiger partial charge on any atom is 0.414 e. The van der Waals surface area contributed by atoms with E-state index in [4.69, 9.17) is 24.5 Å². The van der Waals surface area contributed by atoms with Crippen molar-refractivity contribution in [2.24, 2.45) is 0 Å². The van der Waals surface area contributed by atoms with Gasteiger partial charge in [0.05, 0.1) is 6.61 Å². The zero-order valence-corrected chi connectivity index (χ0v) is 15.0. The van der Waals surface area contributed by atoms with E-state index in [0.29, 0.717) is 0 Å². The van der Waals surface area contributed by atoms with E-state index in [1.165, 1.54) is 37.2 Å². The first kappa shape index (κ1) is 20.9. The molecule has 0 aromatic heterocycles. The van der Waals surface area contributed by atoms with Crippen molar-refractivity contribution in [3.63, 3.8) is 0 Å². The maximum absolute atomic E-state index is 9.10. The van der Waals surface area contributed by atoms with Crippen LogP contribution in [0.5, 0.6) is 5.75 Å². The summed E-state index contributed by atoms with van der Waals surface area (Å²) >= 11 is 0. The van der Waals surface area contributed by atoms with E-state index in [0.717, 1.165) is 31.9 Å². The summed E-state index contributed by atoms with van der Waals surface area (Å²) in [6.07, 6.45) is 2.36. The summed E-state index contributed by atoms with van der Waals surface area (Å²) in [7, 11) is 0. The first-order valence-electron chi connectivity index (χ1n) is 8.49. The number of carboxylic acids is 2. The third-order valence-electron chi connectivity index (χ3n) is 3.86. The highest BCUT2D eigenvalue weighted by atomic mass is 16.5. The summed E-state index contributed by atoms with van der Waals surface area (Å²) in [5.74, 6) is -2.60. The Kier molecular flexibility index (Phi) is 9.57.